The van der Waals surface area contributed by atoms with E-state index in [9.17, 15) is 4.79 Å². The molecule has 2 heterocycles. The van der Waals surface area contributed by atoms with E-state index < -0.39 is 6.09 Å². The zero-order chi connectivity index (χ0) is 10.7. The van der Waals surface area contributed by atoms with Crippen LogP contribution in [0.2, 0.25) is 0 Å². The van der Waals surface area contributed by atoms with Crippen molar-refractivity contribution in [2.24, 2.45) is 5.92 Å². The number of hydrogen-bond donors (Lipinski definition) is 1. The molecule has 0 aromatic heterocycles. The van der Waals surface area contributed by atoms with Crippen LogP contribution in [-0.2, 0) is 0 Å². The van der Waals surface area contributed by atoms with E-state index in [0.29, 0.717) is 0 Å². The number of rotatable bonds is 2. The van der Waals surface area contributed by atoms with E-state index in [4.69, 9.17) is 5.11 Å². The molecule has 0 spiro atoms. The lowest BCUT2D eigenvalue weighted by Gasteiger charge is -2.32. The molecule has 0 aliphatic carbocycles. The highest BCUT2D eigenvalue weighted by Gasteiger charge is 2.24. The molecule has 0 saturated carbocycles. The summed E-state index contributed by atoms with van der Waals surface area (Å²) in [5.74, 6) is 0.721. The second kappa shape index (κ2) is 4.84. The summed E-state index contributed by atoms with van der Waals surface area (Å²) in [7, 11) is 0. The Kier molecular flexibility index (Phi) is 3.46. The second-order valence-electron chi connectivity index (χ2n) is 4.72. The van der Waals surface area contributed by atoms with E-state index >= 15 is 0 Å². The summed E-state index contributed by atoms with van der Waals surface area (Å²) < 4.78 is 0. The molecule has 0 radical (unpaired) electrons. The molecule has 0 bridgehead atoms. The molecule has 0 aromatic rings. The number of carbonyl (C=O) groups is 1. The summed E-state index contributed by atoms with van der Waals surface area (Å²) in [5, 5.41) is 8.82. The van der Waals surface area contributed by atoms with Gasteiger partial charge in [-0.1, -0.05) is 0 Å². The number of nitrogens with zero attached hydrogens (tertiary/aromatic N) is 2. The van der Waals surface area contributed by atoms with Crippen LogP contribution in [0.25, 0.3) is 0 Å². The third-order valence-electron chi connectivity index (χ3n) is 3.60. The number of likely N-dealkylation sites (tertiary alicyclic amines) is 2. The molecule has 2 aliphatic rings. The van der Waals surface area contributed by atoms with Crippen molar-refractivity contribution in [2.75, 3.05) is 32.7 Å². The number of hydrogen-bond acceptors (Lipinski definition) is 2. The first-order chi connectivity index (χ1) is 7.25. The molecule has 2 aliphatic heterocycles. The van der Waals surface area contributed by atoms with Crippen molar-refractivity contribution < 1.29 is 9.90 Å². The molecular weight excluding hydrogens is 192 g/mol. The molecule has 15 heavy (non-hydrogen) atoms. The Morgan fingerprint density at radius 1 is 1.13 bits per heavy atom. The van der Waals surface area contributed by atoms with Crippen LogP contribution in [0, 0.1) is 5.92 Å². The predicted octanol–water partition coefficient (Wildman–Crippen LogP) is 1.47. The highest BCUT2D eigenvalue weighted by atomic mass is 16.4. The minimum Gasteiger partial charge on any atom is -0.465 e. The molecule has 1 N–H and O–H groups in total. The fraction of sp³-hybridized carbons (Fsp3) is 0.909. The van der Waals surface area contributed by atoms with Gasteiger partial charge in [0.05, 0.1) is 0 Å². The molecule has 4 heteroatoms. The lowest BCUT2D eigenvalue weighted by atomic mass is 9.96. The van der Waals surface area contributed by atoms with Gasteiger partial charge in [-0.05, 0) is 44.7 Å². The molecule has 2 fully saturated rings. The van der Waals surface area contributed by atoms with E-state index in [1.54, 1.807) is 4.90 Å². The largest absolute Gasteiger partial charge is 0.465 e. The molecule has 4 nitrogen and oxygen atoms in total. The third-order valence-corrected chi connectivity index (χ3v) is 3.60. The topological polar surface area (TPSA) is 43.8 Å². The highest BCUT2D eigenvalue weighted by molar-refractivity contribution is 5.64. The van der Waals surface area contributed by atoms with Crippen molar-refractivity contribution in [1.29, 1.82) is 0 Å². The quantitative estimate of drug-likeness (QED) is 0.754. The van der Waals surface area contributed by atoms with Gasteiger partial charge in [0, 0.05) is 19.6 Å². The van der Waals surface area contributed by atoms with E-state index in [0.717, 1.165) is 31.8 Å². The Hall–Kier alpha value is -0.770. The first-order valence-electron chi connectivity index (χ1n) is 5.96. The monoisotopic (exact) mass is 212 g/mol. The van der Waals surface area contributed by atoms with E-state index in [-0.39, 0.29) is 0 Å². The minimum absolute atomic E-state index is 0.721. The number of carboxylic acid groups (broad SMARTS) is 1. The Morgan fingerprint density at radius 2 is 1.73 bits per heavy atom. The maximum atomic E-state index is 10.7. The molecule has 1 amide bonds. The maximum Gasteiger partial charge on any atom is 0.407 e. The van der Waals surface area contributed by atoms with Crippen LogP contribution in [0.5, 0.6) is 0 Å². The Balaban J connectivity index is 1.71. The Labute approximate surface area is 90.9 Å². The fourth-order valence-electron chi connectivity index (χ4n) is 2.64. The van der Waals surface area contributed by atoms with Crippen LogP contribution >= 0.6 is 0 Å². The van der Waals surface area contributed by atoms with Gasteiger partial charge in [0.1, 0.15) is 0 Å². The first-order valence-corrected chi connectivity index (χ1v) is 5.96. The summed E-state index contributed by atoms with van der Waals surface area (Å²) in [6, 6.07) is 0. The van der Waals surface area contributed by atoms with Crippen LogP contribution < -0.4 is 0 Å². The normalized spacial score (nSPS) is 24.7. The summed E-state index contributed by atoms with van der Waals surface area (Å²) in [6.45, 7) is 5.15. The average molecular weight is 212 g/mol. The SMILES string of the molecule is O=C(O)N1CCC(CN2CCCC2)CC1. The van der Waals surface area contributed by atoms with Crippen molar-refractivity contribution in [2.45, 2.75) is 25.7 Å². The summed E-state index contributed by atoms with van der Waals surface area (Å²) in [4.78, 5) is 14.8. The van der Waals surface area contributed by atoms with Crippen molar-refractivity contribution >= 4 is 6.09 Å². The molecule has 86 valence electrons. The van der Waals surface area contributed by atoms with E-state index in [1.165, 1.54) is 32.5 Å². The maximum absolute atomic E-state index is 10.7. The zero-order valence-corrected chi connectivity index (χ0v) is 9.19. The number of piperidine rings is 1. The van der Waals surface area contributed by atoms with Gasteiger partial charge in [-0.25, -0.2) is 4.79 Å². The van der Waals surface area contributed by atoms with Crippen LogP contribution in [-0.4, -0.2) is 53.7 Å². The molecular formula is C11H20N2O2. The standard InChI is InChI=1S/C11H20N2O2/c14-11(15)13-7-3-10(4-8-13)9-12-5-1-2-6-12/h10H,1-9H2,(H,14,15). The lowest BCUT2D eigenvalue weighted by Crippen LogP contribution is -2.40. The molecule has 2 rings (SSSR count). The Morgan fingerprint density at radius 3 is 2.27 bits per heavy atom. The molecule has 0 unspecified atom stereocenters. The fourth-order valence-corrected chi connectivity index (χ4v) is 2.64. The molecule has 0 aromatic carbocycles. The molecule has 2 saturated heterocycles. The van der Waals surface area contributed by atoms with Crippen LogP contribution in [0.15, 0.2) is 0 Å². The predicted molar refractivity (Wildman–Crippen MR) is 58.0 cm³/mol. The van der Waals surface area contributed by atoms with E-state index in [1.807, 2.05) is 0 Å². The summed E-state index contributed by atoms with van der Waals surface area (Å²) >= 11 is 0. The van der Waals surface area contributed by atoms with Crippen LogP contribution in [0.3, 0.4) is 0 Å². The summed E-state index contributed by atoms with van der Waals surface area (Å²) in [5.41, 5.74) is 0. The van der Waals surface area contributed by atoms with Gasteiger partial charge in [-0.2, -0.15) is 0 Å². The Bertz CT molecular complexity index is 219. The van der Waals surface area contributed by atoms with E-state index in [2.05, 4.69) is 4.90 Å². The second-order valence-corrected chi connectivity index (χ2v) is 4.72. The van der Waals surface area contributed by atoms with Gasteiger partial charge in [0.25, 0.3) is 0 Å². The lowest BCUT2D eigenvalue weighted by molar-refractivity contribution is 0.116. The van der Waals surface area contributed by atoms with Crippen molar-refractivity contribution in [1.82, 2.24) is 9.80 Å². The van der Waals surface area contributed by atoms with Gasteiger partial charge >= 0.3 is 6.09 Å². The van der Waals surface area contributed by atoms with Gasteiger partial charge in [0.15, 0.2) is 0 Å². The third kappa shape index (κ3) is 2.84. The van der Waals surface area contributed by atoms with Crippen molar-refractivity contribution in [3.8, 4) is 0 Å². The highest BCUT2D eigenvalue weighted by Crippen LogP contribution is 2.20. The van der Waals surface area contributed by atoms with Gasteiger partial charge in [-0.3, -0.25) is 0 Å². The molecule has 0 atom stereocenters. The van der Waals surface area contributed by atoms with Gasteiger partial charge in [-0.15, -0.1) is 0 Å². The average Bonchev–Trinajstić information content (AvgIpc) is 2.71. The van der Waals surface area contributed by atoms with Gasteiger partial charge in [0.2, 0.25) is 0 Å². The van der Waals surface area contributed by atoms with Gasteiger partial charge < -0.3 is 14.9 Å². The minimum atomic E-state index is -0.755. The first kappa shape index (κ1) is 10.7. The van der Waals surface area contributed by atoms with Crippen LogP contribution in [0.4, 0.5) is 4.79 Å². The smallest absolute Gasteiger partial charge is 0.407 e. The summed E-state index contributed by atoms with van der Waals surface area (Å²) in [6.07, 6.45) is 4.02. The zero-order valence-electron chi connectivity index (χ0n) is 9.19. The van der Waals surface area contributed by atoms with Crippen LogP contribution in [0.1, 0.15) is 25.7 Å². The van der Waals surface area contributed by atoms with Crippen molar-refractivity contribution in [3.63, 3.8) is 0 Å². The number of amides is 1. The van der Waals surface area contributed by atoms with Crippen molar-refractivity contribution in [3.05, 3.63) is 0 Å².